The van der Waals surface area contributed by atoms with Gasteiger partial charge in [-0.1, -0.05) is 57.6 Å². The maximum absolute atomic E-state index is 12.0. The minimum absolute atomic E-state index is 0.312. The predicted octanol–water partition coefficient (Wildman–Crippen LogP) is 5.18. The van der Waals surface area contributed by atoms with Crippen molar-refractivity contribution in [1.82, 2.24) is 0 Å². The molecule has 5 heteroatoms. The molecule has 2 aliphatic heterocycles. The van der Waals surface area contributed by atoms with Crippen LogP contribution in [0.4, 0.5) is 0 Å². The number of benzene rings is 1. The average Bonchev–Trinajstić information content (AvgIpc) is 3.27. The highest BCUT2D eigenvalue weighted by Crippen LogP contribution is 2.28. The van der Waals surface area contributed by atoms with E-state index in [2.05, 4.69) is 6.92 Å². The van der Waals surface area contributed by atoms with Gasteiger partial charge in [-0.05, 0) is 31.4 Å². The molecule has 28 heavy (non-hydrogen) atoms. The van der Waals surface area contributed by atoms with Crippen LogP contribution in [0, 0.1) is 5.92 Å². The van der Waals surface area contributed by atoms with Crippen molar-refractivity contribution in [2.75, 3.05) is 19.8 Å². The molecule has 0 amide bonds. The molecule has 3 rings (SSSR count). The van der Waals surface area contributed by atoms with E-state index in [1.165, 1.54) is 44.9 Å². The molecule has 0 aliphatic carbocycles. The monoisotopic (exact) mass is 390 g/mol. The number of rotatable bonds is 10. The molecule has 2 aliphatic rings. The maximum Gasteiger partial charge on any atom is 0.340 e. The number of carbonyl (C=O) groups is 1. The smallest absolute Gasteiger partial charge is 0.340 e. The lowest BCUT2D eigenvalue weighted by molar-refractivity contribution is -0.206. The van der Waals surface area contributed by atoms with E-state index < -0.39 is 6.10 Å². The Balaban J connectivity index is 1.35. The van der Waals surface area contributed by atoms with E-state index >= 15 is 0 Å². The first-order chi connectivity index (χ1) is 13.8. The van der Waals surface area contributed by atoms with E-state index in [4.69, 9.17) is 18.9 Å². The minimum Gasteiger partial charge on any atom is -0.425 e. The van der Waals surface area contributed by atoms with Crippen LogP contribution in [-0.2, 0) is 19.0 Å². The molecule has 0 spiro atoms. The van der Waals surface area contributed by atoms with E-state index in [-0.39, 0.29) is 12.3 Å². The van der Waals surface area contributed by atoms with Gasteiger partial charge in [-0.3, -0.25) is 0 Å². The van der Waals surface area contributed by atoms with E-state index in [9.17, 15) is 4.79 Å². The summed E-state index contributed by atoms with van der Waals surface area (Å²) in [5, 5.41) is 0. The van der Waals surface area contributed by atoms with Crippen molar-refractivity contribution in [1.29, 1.82) is 0 Å². The highest BCUT2D eigenvalue weighted by molar-refractivity contribution is 5.77. The minimum atomic E-state index is -0.423. The normalized spacial score (nSPS) is 25.0. The van der Waals surface area contributed by atoms with Crippen LogP contribution in [-0.4, -0.2) is 31.9 Å². The Kier molecular flexibility index (Phi) is 8.77. The van der Waals surface area contributed by atoms with Crippen LogP contribution in [0.25, 0.3) is 0 Å². The highest BCUT2D eigenvalue weighted by Gasteiger charge is 2.26. The summed E-state index contributed by atoms with van der Waals surface area (Å²) in [6.07, 6.45) is 9.99. The second-order valence-corrected chi connectivity index (χ2v) is 7.91. The van der Waals surface area contributed by atoms with Crippen LogP contribution in [0.2, 0.25) is 0 Å². The molecule has 2 saturated heterocycles. The Morgan fingerprint density at radius 3 is 2.39 bits per heavy atom. The molecular formula is C23H34O5. The Hall–Kier alpha value is -1.43. The Morgan fingerprint density at radius 2 is 1.71 bits per heavy atom. The fraction of sp³-hybridized carbons (Fsp3) is 0.696. The van der Waals surface area contributed by atoms with Crippen molar-refractivity contribution in [3.63, 3.8) is 0 Å². The Labute approximate surface area is 168 Å². The molecule has 0 saturated carbocycles. The first-order valence-corrected chi connectivity index (χ1v) is 10.9. The second kappa shape index (κ2) is 11.5. The Morgan fingerprint density at radius 1 is 1.00 bits per heavy atom. The first kappa shape index (κ1) is 21.3. The highest BCUT2D eigenvalue weighted by atomic mass is 16.7. The largest absolute Gasteiger partial charge is 0.425 e. The van der Waals surface area contributed by atoms with Gasteiger partial charge in [0, 0.05) is 18.1 Å². The zero-order valence-corrected chi connectivity index (χ0v) is 17.1. The zero-order chi connectivity index (χ0) is 19.6. The van der Waals surface area contributed by atoms with Gasteiger partial charge in [0.1, 0.15) is 5.75 Å². The first-order valence-electron chi connectivity index (χ1n) is 10.9. The van der Waals surface area contributed by atoms with Crippen molar-refractivity contribution in [2.45, 2.75) is 77.1 Å². The summed E-state index contributed by atoms with van der Waals surface area (Å²) in [6, 6.07) is 7.38. The Bertz CT molecular complexity index is 571. The molecule has 5 nitrogen and oxygen atoms in total. The van der Waals surface area contributed by atoms with Crippen molar-refractivity contribution in [2.24, 2.45) is 5.92 Å². The lowest BCUT2D eigenvalue weighted by atomic mass is 10.0. The van der Waals surface area contributed by atoms with Gasteiger partial charge in [0.2, 0.25) is 0 Å². The lowest BCUT2D eigenvalue weighted by Crippen LogP contribution is -2.27. The van der Waals surface area contributed by atoms with Gasteiger partial charge in [-0.15, -0.1) is 0 Å². The summed E-state index contributed by atoms with van der Waals surface area (Å²) in [4.78, 5) is 12.0. The van der Waals surface area contributed by atoms with Crippen molar-refractivity contribution in [3.8, 4) is 5.75 Å². The average molecular weight is 391 g/mol. The number of unbranched alkanes of at least 4 members (excludes halogenated alkanes) is 5. The number of carbonyl (C=O) groups excluding carboxylic acids is 1. The number of hydrogen-bond acceptors (Lipinski definition) is 5. The molecule has 0 unspecified atom stereocenters. The fourth-order valence-corrected chi connectivity index (χ4v) is 3.75. The third-order valence-corrected chi connectivity index (χ3v) is 5.50. The van der Waals surface area contributed by atoms with Crippen LogP contribution in [0.5, 0.6) is 5.75 Å². The standard InChI is InChI=1S/C23H34O5/c1-2-3-4-5-6-7-9-18-16-26-23(27-17-18)19-11-13-20(14-12-19)28-22(24)21-10-8-15-25-21/h11-14,18,21,23H,2-10,15-17H2,1H3/t18?,21-,23?/m1/s1. The van der Waals surface area contributed by atoms with Crippen molar-refractivity contribution < 1.29 is 23.7 Å². The van der Waals surface area contributed by atoms with Crippen LogP contribution in [0.15, 0.2) is 24.3 Å². The van der Waals surface area contributed by atoms with Crippen molar-refractivity contribution >= 4 is 5.97 Å². The van der Waals surface area contributed by atoms with E-state index in [0.717, 1.165) is 31.6 Å². The summed E-state index contributed by atoms with van der Waals surface area (Å²) in [5.41, 5.74) is 0.954. The molecule has 0 N–H and O–H groups in total. The lowest BCUT2D eigenvalue weighted by Gasteiger charge is -2.29. The molecular weight excluding hydrogens is 356 g/mol. The molecule has 1 aromatic carbocycles. The fourth-order valence-electron chi connectivity index (χ4n) is 3.75. The van der Waals surface area contributed by atoms with E-state index in [1.54, 1.807) is 12.1 Å². The van der Waals surface area contributed by atoms with E-state index in [0.29, 0.717) is 18.3 Å². The third-order valence-electron chi connectivity index (χ3n) is 5.50. The van der Waals surface area contributed by atoms with Gasteiger partial charge >= 0.3 is 5.97 Å². The molecule has 2 fully saturated rings. The van der Waals surface area contributed by atoms with Crippen LogP contribution in [0.3, 0.4) is 0 Å². The SMILES string of the molecule is CCCCCCCCC1COC(c2ccc(OC(=O)[C@H]3CCCO3)cc2)OC1. The van der Waals surface area contributed by atoms with Gasteiger partial charge in [0.25, 0.3) is 0 Å². The predicted molar refractivity (Wildman–Crippen MR) is 107 cm³/mol. The second-order valence-electron chi connectivity index (χ2n) is 7.91. The quantitative estimate of drug-likeness (QED) is 0.313. The summed E-state index contributed by atoms with van der Waals surface area (Å²) >= 11 is 0. The number of hydrogen-bond donors (Lipinski definition) is 0. The van der Waals surface area contributed by atoms with Crippen LogP contribution < -0.4 is 4.74 Å². The van der Waals surface area contributed by atoms with E-state index in [1.807, 2.05) is 12.1 Å². The van der Waals surface area contributed by atoms with Gasteiger partial charge in [-0.2, -0.15) is 0 Å². The van der Waals surface area contributed by atoms with Crippen LogP contribution in [0.1, 0.15) is 76.6 Å². The molecule has 0 aromatic heterocycles. The van der Waals surface area contributed by atoms with Crippen molar-refractivity contribution in [3.05, 3.63) is 29.8 Å². The molecule has 156 valence electrons. The van der Waals surface area contributed by atoms with Gasteiger partial charge in [0.05, 0.1) is 13.2 Å². The molecule has 1 atom stereocenters. The molecule has 1 aromatic rings. The molecule has 0 radical (unpaired) electrons. The van der Waals surface area contributed by atoms with Gasteiger partial charge < -0.3 is 18.9 Å². The topological polar surface area (TPSA) is 54.0 Å². The molecule has 0 bridgehead atoms. The van der Waals surface area contributed by atoms with Gasteiger partial charge in [-0.25, -0.2) is 4.79 Å². The summed E-state index contributed by atoms with van der Waals surface area (Å²) in [6.45, 7) is 4.37. The summed E-state index contributed by atoms with van der Waals surface area (Å²) < 4.78 is 22.6. The summed E-state index contributed by atoms with van der Waals surface area (Å²) in [5.74, 6) is 0.711. The third kappa shape index (κ3) is 6.57. The van der Waals surface area contributed by atoms with Gasteiger partial charge in [0.15, 0.2) is 12.4 Å². The zero-order valence-electron chi connectivity index (χ0n) is 17.1. The van der Waals surface area contributed by atoms with Crippen LogP contribution >= 0.6 is 0 Å². The molecule has 2 heterocycles. The number of ether oxygens (including phenoxy) is 4. The maximum atomic E-state index is 12.0. The summed E-state index contributed by atoms with van der Waals surface area (Å²) in [7, 11) is 0. The number of esters is 1.